The first-order valence-electron chi connectivity index (χ1n) is 13.2. The van der Waals surface area contributed by atoms with Crippen LogP contribution < -0.4 is 14.8 Å². The van der Waals surface area contributed by atoms with Gasteiger partial charge in [0.15, 0.2) is 0 Å². The number of ether oxygens (including phenoxy) is 2. The molecule has 0 bridgehead atoms. The molecule has 3 N–H and O–H groups in total. The summed E-state index contributed by atoms with van der Waals surface area (Å²) >= 11 is 0. The Morgan fingerprint density at radius 1 is 1.08 bits per heavy atom. The molecule has 1 unspecified atom stereocenters. The summed E-state index contributed by atoms with van der Waals surface area (Å²) in [6.45, 7) is 6.35. The fourth-order valence-corrected chi connectivity index (χ4v) is 6.31. The first-order chi connectivity index (χ1) is 18.9. The number of anilines is 1. The van der Waals surface area contributed by atoms with Gasteiger partial charge in [-0.3, -0.25) is 5.32 Å². The standard InChI is InChI=1S/C32H35N3O3S/c1-21-9-5-8-12-31(21)39(4)35-22(2)23-13-14-24(30(18-23)37-3)17-25-20-33-29-16-15-26(19-28(25)29)34-32(36)38-27-10-6-7-11-27/h5,8-9,12-16,18-20,27,33,35H,2,4,6-7,10-11,17H2,1,3H3,(H,34,36). The van der Waals surface area contributed by atoms with Crippen LogP contribution in [0.1, 0.15) is 47.9 Å². The van der Waals surface area contributed by atoms with Crippen molar-refractivity contribution in [3.05, 3.63) is 95.7 Å². The fourth-order valence-electron chi connectivity index (χ4n) is 5.09. The van der Waals surface area contributed by atoms with Crippen molar-refractivity contribution >= 4 is 44.9 Å². The summed E-state index contributed by atoms with van der Waals surface area (Å²) in [6, 6.07) is 20.3. The molecule has 1 amide bonds. The smallest absolute Gasteiger partial charge is 0.411 e. The number of fused-ring (bicyclic) bond motifs is 1. The molecule has 1 aliphatic carbocycles. The third kappa shape index (κ3) is 6.20. The number of hydrogen-bond donors (Lipinski definition) is 3. The van der Waals surface area contributed by atoms with Gasteiger partial charge in [0.2, 0.25) is 0 Å². The summed E-state index contributed by atoms with van der Waals surface area (Å²) in [7, 11) is 1.26. The minimum atomic E-state index is -0.423. The Balaban J connectivity index is 1.30. The van der Waals surface area contributed by atoms with Gasteiger partial charge in [-0.05, 0) is 79.6 Å². The molecular weight excluding hydrogens is 506 g/mol. The molecule has 5 rings (SSSR count). The lowest BCUT2D eigenvalue weighted by Crippen LogP contribution is -2.20. The van der Waals surface area contributed by atoms with Crippen LogP contribution in [0.25, 0.3) is 16.6 Å². The molecule has 3 aromatic carbocycles. The third-order valence-electron chi connectivity index (χ3n) is 7.21. The molecule has 0 spiro atoms. The number of carbonyl (C=O) groups is 1. The summed E-state index contributed by atoms with van der Waals surface area (Å²) in [5.74, 6) is 5.10. The van der Waals surface area contributed by atoms with Gasteiger partial charge in [0.25, 0.3) is 0 Å². The van der Waals surface area contributed by atoms with Gasteiger partial charge in [-0.15, -0.1) is 0 Å². The maximum atomic E-state index is 12.4. The van der Waals surface area contributed by atoms with E-state index < -0.39 is 16.8 Å². The maximum absolute atomic E-state index is 12.4. The Labute approximate surface area is 232 Å². The van der Waals surface area contributed by atoms with E-state index in [1.807, 2.05) is 42.6 Å². The molecule has 1 atom stereocenters. The Morgan fingerprint density at radius 3 is 2.64 bits per heavy atom. The van der Waals surface area contributed by atoms with Crippen LogP contribution in [0.3, 0.4) is 0 Å². The number of methoxy groups -OCH3 is 1. The van der Waals surface area contributed by atoms with Gasteiger partial charge in [0.1, 0.15) is 11.9 Å². The number of benzene rings is 3. The third-order valence-corrected chi connectivity index (χ3v) is 8.69. The van der Waals surface area contributed by atoms with Crippen molar-refractivity contribution in [2.75, 3.05) is 12.4 Å². The average Bonchev–Trinajstić information content (AvgIpc) is 3.59. The van der Waals surface area contributed by atoms with E-state index in [9.17, 15) is 4.79 Å². The van der Waals surface area contributed by atoms with Crippen LogP contribution in [-0.2, 0) is 11.2 Å². The minimum absolute atomic E-state index is 0.0284. The molecule has 39 heavy (non-hydrogen) atoms. The predicted molar refractivity (Wildman–Crippen MR) is 163 cm³/mol. The van der Waals surface area contributed by atoms with Crippen molar-refractivity contribution in [1.29, 1.82) is 0 Å². The number of nitrogens with one attached hydrogen (secondary N) is 3. The lowest BCUT2D eigenvalue weighted by Gasteiger charge is -2.17. The normalized spacial score (nSPS) is 14.2. The summed E-state index contributed by atoms with van der Waals surface area (Å²) in [5, 5.41) is 3.94. The van der Waals surface area contributed by atoms with Crippen LogP contribution in [0, 0.1) is 6.92 Å². The van der Waals surface area contributed by atoms with E-state index in [-0.39, 0.29) is 6.10 Å². The van der Waals surface area contributed by atoms with Crippen LogP contribution in [0.5, 0.6) is 5.75 Å². The van der Waals surface area contributed by atoms with Crippen LogP contribution >= 0.6 is 10.7 Å². The van der Waals surface area contributed by atoms with E-state index in [1.54, 1.807) is 7.11 Å². The second-order valence-corrected chi connectivity index (χ2v) is 11.4. The van der Waals surface area contributed by atoms with Crippen molar-refractivity contribution in [1.82, 2.24) is 9.71 Å². The molecule has 202 valence electrons. The first-order valence-corrected chi connectivity index (χ1v) is 14.6. The molecule has 6 nitrogen and oxygen atoms in total. The zero-order valence-electron chi connectivity index (χ0n) is 22.5. The molecule has 1 aromatic heterocycles. The largest absolute Gasteiger partial charge is 0.496 e. The lowest BCUT2D eigenvalue weighted by molar-refractivity contribution is 0.114. The number of aromatic amines is 1. The molecule has 7 heteroatoms. The van der Waals surface area contributed by atoms with Gasteiger partial charge < -0.3 is 19.2 Å². The van der Waals surface area contributed by atoms with Crippen LogP contribution in [0.4, 0.5) is 10.5 Å². The fraction of sp³-hybridized carbons (Fsp3) is 0.250. The highest BCUT2D eigenvalue weighted by molar-refractivity contribution is 8.12. The summed E-state index contributed by atoms with van der Waals surface area (Å²) in [5.41, 5.74) is 6.85. The quantitative estimate of drug-likeness (QED) is 0.189. The van der Waals surface area contributed by atoms with Crippen LogP contribution in [-0.4, -0.2) is 30.2 Å². The van der Waals surface area contributed by atoms with Gasteiger partial charge in [0.05, 0.1) is 7.11 Å². The Bertz CT molecular complexity index is 1530. The van der Waals surface area contributed by atoms with E-state index in [4.69, 9.17) is 9.47 Å². The van der Waals surface area contributed by atoms with Crippen molar-refractivity contribution in [2.24, 2.45) is 0 Å². The second kappa shape index (κ2) is 11.8. The van der Waals surface area contributed by atoms with Crippen LogP contribution in [0.15, 0.2) is 78.3 Å². The number of hydrogen-bond acceptors (Lipinski definition) is 4. The van der Waals surface area contributed by atoms with Crippen molar-refractivity contribution in [3.8, 4) is 5.75 Å². The van der Waals surface area contributed by atoms with Crippen molar-refractivity contribution in [2.45, 2.75) is 50.0 Å². The molecule has 1 saturated carbocycles. The Kier molecular flexibility index (Phi) is 8.07. The van der Waals surface area contributed by atoms with E-state index >= 15 is 0 Å². The van der Waals surface area contributed by atoms with E-state index in [1.165, 1.54) is 10.5 Å². The van der Waals surface area contributed by atoms with E-state index in [2.05, 4.69) is 58.7 Å². The number of H-pyrrole nitrogens is 1. The van der Waals surface area contributed by atoms with E-state index in [0.717, 1.165) is 64.7 Å². The summed E-state index contributed by atoms with van der Waals surface area (Å²) < 4.78 is 14.8. The Morgan fingerprint density at radius 2 is 1.87 bits per heavy atom. The molecular formula is C32H35N3O3S. The average molecular weight is 542 g/mol. The van der Waals surface area contributed by atoms with Crippen molar-refractivity contribution in [3.63, 3.8) is 0 Å². The zero-order chi connectivity index (χ0) is 27.4. The molecule has 4 aromatic rings. The number of carbonyl (C=O) groups excluding carboxylic acids is 1. The number of aromatic nitrogens is 1. The number of aryl methyl sites for hydroxylation is 1. The topological polar surface area (TPSA) is 75.4 Å². The van der Waals surface area contributed by atoms with Gasteiger partial charge in [-0.25, -0.2) is 4.79 Å². The SMILES string of the molecule is C=C(NS(=C)c1ccccc1C)c1ccc(Cc2c[nH]c3ccc(NC(=O)OC4CCCC4)cc23)c(OC)c1. The van der Waals surface area contributed by atoms with E-state index in [0.29, 0.717) is 12.1 Å². The minimum Gasteiger partial charge on any atom is -0.496 e. The molecule has 0 saturated heterocycles. The van der Waals surface area contributed by atoms with Gasteiger partial charge in [-0.2, -0.15) is 0 Å². The molecule has 1 heterocycles. The summed E-state index contributed by atoms with van der Waals surface area (Å²) in [6.07, 6.45) is 6.45. The van der Waals surface area contributed by atoms with Gasteiger partial charge in [0, 0.05) is 45.4 Å². The lowest BCUT2D eigenvalue weighted by atomic mass is 10.0. The summed E-state index contributed by atoms with van der Waals surface area (Å²) in [4.78, 5) is 16.9. The molecule has 0 radical (unpaired) electrons. The zero-order valence-corrected chi connectivity index (χ0v) is 23.3. The highest BCUT2D eigenvalue weighted by Crippen LogP contribution is 2.32. The highest BCUT2D eigenvalue weighted by atomic mass is 32.2. The second-order valence-electron chi connectivity index (χ2n) is 9.95. The van der Waals surface area contributed by atoms with Gasteiger partial charge in [-0.1, -0.05) is 53.5 Å². The number of amides is 1. The van der Waals surface area contributed by atoms with Crippen LogP contribution in [0.2, 0.25) is 0 Å². The van der Waals surface area contributed by atoms with Crippen molar-refractivity contribution < 1.29 is 14.3 Å². The Hall–Kier alpha value is -3.97. The maximum Gasteiger partial charge on any atom is 0.411 e. The first kappa shape index (κ1) is 26.6. The van der Waals surface area contributed by atoms with Gasteiger partial charge >= 0.3 is 6.09 Å². The molecule has 1 fully saturated rings. The predicted octanol–water partition coefficient (Wildman–Crippen LogP) is 7.80. The monoisotopic (exact) mass is 541 g/mol. The highest BCUT2D eigenvalue weighted by Gasteiger charge is 2.19. The molecule has 0 aliphatic heterocycles. The molecule has 1 aliphatic rings. The number of rotatable bonds is 9.